The Bertz CT molecular complexity index is 1660. The molecule has 0 bridgehead atoms. The van der Waals surface area contributed by atoms with Crippen LogP contribution in [0, 0.1) is 18.3 Å². The summed E-state index contributed by atoms with van der Waals surface area (Å²) < 4.78 is 3.16. The van der Waals surface area contributed by atoms with Crippen LogP contribution >= 0.6 is 15.9 Å². The third-order valence-electron chi connectivity index (χ3n) is 6.29. The van der Waals surface area contributed by atoms with E-state index in [0.717, 1.165) is 43.8 Å². The number of aryl methyl sites for hydroxylation is 1. The quantitative estimate of drug-likeness (QED) is 0.168. The molecule has 5 aromatic rings. The van der Waals surface area contributed by atoms with Gasteiger partial charge in [0.25, 0.3) is 5.91 Å². The Morgan fingerprint density at radius 2 is 1.45 bits per heavy atom. The van der Waals surface area contributed by atoms with Crippen LogP contribution in [0.1, 0.15) is 11.1 Å². The molecule has 4 nitrogen and oxygen atoms in total. The van der Waals surface area contributed by atoms with Crippen LogP contribution in [0.5, 0.6) is 0 Å². The van der Waals surface area contributed by atoms with Crippen molar-refractivity contribution in [3.05, 3.63) is 136 Å². The van der Waals surface area contributed by atoms with Crippen molar-refractivity contribution >= 4 is 33.6 Å². The van der Waals surface area contributed by atoms with Crippen molar-refractivity contribution in [2.24, 2.45) is 0 Å². The van der Waals surface area contributed by atoms with Crippen molar-refractivity contribution in [2.45, 2.75) is 6.92 Å². The fraction of sp³-hybridized carbons (Fsp3) is 0.0303. The molecule has 4 aromatic carbocycles. The van der Waals surface area contributed by atoms with Crippen molar-refractivity contribution in [1.82, 2.24) is 4.57 Å². The summed E-state index contributed by atoms with van der Waals surface area (Å²) in [5, 5.41) is 12.9. The van der Waals surface area contributed by atoms with E-state index in [-0.39, 0.29) is 5.57 Å². The van der Waals surface area contributed by atoms with Gasteiger partial charge in [0.15, 0.2) is 0 Å². The Balaban J connectivity index is 1.73. The normalized spacial score (nSPS) is 11.1. The highest BCUT2D eigenvalue weighted by atomic mass is 79.9. The highest BCUT2D eigenvalue weighted by molar-refractivity contribution is 9.10. The Labute approximate surface area is 230 Å². The second-order valence-electron chi connectivity index (χ2n) is 8.82. The molecule has 5 heteroatoms. The Morgan fingerprint density at radius 3 is 2.08 bits per heavy atom. The van der Waals surface area contributed by atoms with Crippen molar-refractivity contribution in [2.75, 3.05) is 5.32 Å². The van der Waals surface area contributed by atoms with E-state index in [9.17, 15) is 10.1 Å². The number of halogens is 1. The molecule has 1 heterocycles. The maximum Gasteiger partial charge on any atom is 0.266 e. The monoisotopic (exact) mass is 557 g/mol. The average Bonchev–Trinajstić information content (AvgIpc) is 3.33. The number of benzene rings is 4. The van der Waals surface area contributed by atoms with E-state index in [1.54, 1.807) is 6.08 Å². The molecule has 0 saturated carbocycles. The lowest BCUT2D eigenvalue weighted by Crippen LogP contribution is -2.14. The summed E-state index contributed by atoms with van der Waals surface area (Å²) in [6, 6.07) is 39.9. The van der Waals surface area contributed by atoms with E-state index in [0.29, 0.717) is 5.69 Å². The highest BCUT2D eigenvalue weighted by Gasteiger charge is 2.20. The van der Waals surface area contributed by atoms with Crippen LogP contribution < -0.4 is 5.32 Å². The molecule has 1 N–H and O–H groups in total. The van der Waals surface area contributed by atoms with Gasteiger partial charge in [-0.1, -0.05) is 94.8 Å². The number of nitriles is 1. The first kappa shape index (κ1) is 25.0. The lowest BCUT2D eigenvalue weighted by Gasteiger charge is -2.15. The second-order valence-corrected chi connectivity index (χ2v) is 9.73. The molecule has 5 rings (SSSR count). The topological polar surface area (TPSA) is 57.8 Å². The van der Waals surface area contributed by atoms with Gasteiger partial charge in [-0.3, -0.25) is 4.79 Å². The number of aromatic nitrogens is 1. The van der Waals surface area contributed by atoms with Gasteiger partial charge in [0, 0.05) is 21.4 Å². The maximum absolute atomic E-state index is 13.2. The van der Waals surface area contributed by atoms with Gasteiger partial charge in [0.2, 0.25) is 0 Å². The van der Waals surface area contributed by atoms with Crippen molar-refractivity contribution in [3.63, 3.8) is 0 Å². The molecule has 0 aliphatic rings. The van der Waals surface area contributed by atoms with Crippen LogP contribution in [0.2, 0.25) is 0 Å². The van der Waals surface area contributed by atoms with Crippen molar-refractivity contribution in [3.8, 4) is 34.3 Å². The number of para-hydroxylation sites is 1. The maximum atomic E-state index is 13.2. The first-order valence-corrected chi connectivity index (χ1v) is 13.0. The standard InChI is InChI=1S/C33H24BrN3O/c1-23-10-8-9-15-30(23)36-33(38)27(22-35)20-26-21-31(24-11-4-2-5-12-24)37(29-18-16-28(34)17-19-29)32(26)25-13-6-3-7-14-25/h2-21H,1H3,(H,36,38)/b27-20+. The minimum absolute atomic E-state index is 0.0259. The summed E-state index contributed by atoms with van der Waals surface area (Å²) >= 11 is 3.54. The molecule has 0 fully saturated rings. The minimum Gasteiger partial charge on any atom is -0.321 e. The third kappa shape index (κ3) is 5.22. The molecule has 38 heavy (non-hydrogen) atoms. The first-order valence-electron chi connectivity index (χ1n) is 12.2. The first-order chi connectivity index (χ1) is 18.5. The van der Waals surface area contributed by atoms with Crippen LogP contribution in [0.25, 0.3) is 34.3 Å². The van der Waals surface area contributed by atoms with E-state index in [2.05, 4.69) is 44.0 Å². The Kier molecular flexibility index (Phi) is 7.35. The van der Waals surface area contributed by atoms with E-state index in [1.807, 2.05) is 110 Å². The summed E-state index contributed by atoms with van der Waals surface area (Å²) in [6.07, 6.45) is 1.68. The number of amides is 1. The zero-order valence-corrected chi connectivity index (χ0v) is 22.3. The van der Waals surface area contributed by atoms with Crippen molar-refractivity contribution < 1.29 is 4.79 Å². The number of nitrogens with zero attached hydrogens (tertiary/aromatic N) is 2. The predicted molar refractivity (Wildman–Crippen MR) is 158 cm³/mol. The average molecular weight is 558 g/mol. The molecule has 0 atom stereocenters. The van der Waals surface area contributed by atoms with Gasteiger partial charge in [-0.05, 0) is 66.1 Å². The number of hydrogen-bond acceptors (Lipinski definition) is 2. The van der Waals surface area contributed by atoms with Gasteiger partial charge < -0.3 is 9.88 Å². The largest absolute Gasteiger partial charge is 0.321 e. The fourth-order valence-electron chi connectivity index (χ4n) is 4.42. The summed E-state index contributed by atoms with van der Waals surface area (Å²) in [5.74, 6) is -0.446. The Morgan fingerprint density at radius 1 is 0.842 bits per heavy atom. The molecule has 0 aliphatic carbocycles. The SMILES string of the molecule is Cc1ccccc1NC(=O)/C(C#N)=C/c1cc(-c2ccccc2)n(-c2ccc(Br)cc2)c1-c1ccccc1. The number of hydrogen-bond donors (Lipinski definition) is 1. The summed E-state index contributed by atoms with van der Waals surface area (Å²) in [5.41, 5.74) is 7.21. The second kappa shape index (κ2) is 11.2. The lowest BCUT2D eigenvalue weighted by molar-refractivity contribution is -0.112. The molecule has 0 spiro atoms. The van der Waals surface area contributed by atoms with Gasteiger partial charge in [-0.25, -0.2) is 0 Å². The minimum atomic E-state index is -0.446. The van der Waals surface area contributed by atoms with Crippen LogP contribution in [-0.4, -0.2) is 10.5 Å². The van der Waals surface area contributed by atoms with Crippen LogP contribution in [-0.2, 0) is 4.79 Å². The zero-order chi connectivity index (χ0) is 26.5. The highest BCUT2D eigenvalue weighted by Crippen LogP contribution is 2.37. The predicted octanol–water partition coefficient (Wildman–Crippen LogP) is 8.43. The van der Waals surface area contributed by atoms with Gasteiger partial charge >= 0.3 is 0 Å². The summed E-state index contributed by atoms with van der Waals surface area (Å²) in [4.78, 5) is 13.2. The van der Waals surface area contributed by atoms with Crippen LogP contribution in [0.15, 0.2) is 125 Å². The third-order valence-corrected chi connectivity index (χ3v) is 6.82. The molecule has 0 unspecified atom stereocenters. The molecular formula is C33H24BrN3O. The number of carbonyl (C=O) groups is 1. The molecule has 184 valence electrons. The lowest BCUT2D eigenvalue weighted by atomic mass is 10.0. The smallest absolute Gasteiger partial charge is 0.266 e. The molecule has 1 aromatic heterocycles. The number of rotatable bonds is 6. The van der Waals surface area contributed by atoms with E-state index in [4.69, 9.17) is 0 Å². The van der Waals surface area contributed by atoms with E-state index < -0.39 is 5.91 Å². The molecule has 0 aliphatic heterocycles. The van der Waals surface area contributed by atoms with Gasteiger partial charge in [-0.15, -0.1) is 0 Å². The van der Waals surface area contributed by atoms with Crippen LogP contribution in [0.4, 0.5) is 5.69 Å². The summed E-state index contributed by atoms with van der Waals surface area (Å²) in [7, 11) is 0. The molecule has 0 radical (unpaired) electrons. The van der Waals surface area contributed by atoms with Crippen LogP contribution in [0.3, 0.4) is 0 Å². The fourth-order valence-corrected chi connectivity index (χ4v) is 4.68. The molecular weight excluding hydrogens is 534 g/mol. The Hall–Kier alpha value is -4.66. The van der Waals surface area contributed by atoms with E-state index >= 15 is 0 Å². The van der Waals surface area contributed by atoms with Gasteiger partial charge in [0.1, 0.15) is 11.6 Å². The number of nitrogens with one attached hydrogen (secondary N) is 1. The van der Waals surface area contributed by atoms with Crippen molar-refractivity contribution in [1.29, 1.82) is 5.26 Å². The number of carbonyl (C=O) groups excluding carboxylic acids is 1. The summed E-state index contributed by atoms with van der Waals surface area (Å²) in [6.45, 7) is 1.92. The van der Waals surface area contributed by atoms with E-state index in [1.165, 1.54) is 0 Å². The molecule has 0 saturated heterocycles. The molecule has 1 amide bonds. The van der Waals surface area contributed by atoms with Gasteiger partial charge in [0.05, 0.1) is 11.4 Å². The zero-order valence-electron chi connectivity index (χ0n) is 20.7. The number of anilines is 1. The van der Waals surface area contributed by atoms with Gasteiger partial charge in [-0.2, -0.15) is 5.26 Å².